The molecule has 16 heavy (non-hydrogen) atoms. The minimum atomic E-state index is -0.355. The normalized spacial score (nSPS) is 19.6. The SMILES string of the molecule is O[C@@H](CN1CCCCC1)c1ccc(Br)cc1. The summed E-state index contributed by atoms with van der Waals surface area (Å²) >= 11 is 3.40. The van der Waals surface area contributed by atoms with Crippen LogP contribution in [0, 0.1) is 0 Å². The highest BCUT2D eigenvalue weighted by Gasteiger charge is 2.15. The Morgan fingerprint density at radius 3 is 2.38 bits per heavy atom. The summed E-state index contributed by atoms with van der Waals surface area (Å²) in [6.07, 6.45) is 3.52. The largest absolute Gasteiger partial charge is 0.387 e. The third-order valence-electron chi connectivity index (χ3n) is 3.13. The third-order valence-corrected chi connectivity index (χ3v) is 3.66. The van der Waals surface area contributed by atoms with Gasteiger partial charge >= 0.3 is 0 Å². The first kappa shape index (κ1) is 12.1. The number of hydrogen-bond acceptors (Lipinski definition) is 2. The average Bonchev–Trinajstić information content (AvgIpc) is 2.31. The molecule has 1 heterocycles. The number of aliphatic hydroxyl groups excluding tert-OH is 1. The number of piperidine rings is 1. The van der Waals surface area contributed by atoms with Gasteiger partial charge in [0.1, 0.15) is 0 Å². The highest BCUT2D eigenvalue weighted by Crippen LogP contribution is 2.19. The lowest BCUT2D eigenvalue weighted by atomic mass is 10.1. The second kappa shape index (κ2) is 5.80. The molecule has 0 amide bonds. The molecular formula is C13H18BrNO. The smallest absolute Gasteiger partial charge is 0.0916 e. The average molecular weight is 284 g/mol. The lowest BCUT2D eigenvalue weighted by Crippen LogP contribution is -2.33. The van der Waals surface area contributed by atoms with Crippen LogP contribution in [0.25, 0.3) is 0 Å². The van der Waals surface area contributed by atoms with E-state index < -0.39 is 0 Å². The van der Waals surface area contributed by atoms with Crippen molar-refractivity contribution in [2.45, 2.75) is 25.4 Å². The Morgan fingerprint density at radius 1 is 1.12 bits per heavy atom. The zero-order chi connectivity index (χ0) is 11.4. The molecule has 0 bridgehead atoms. The van der Waals surface area contributed by atoms with Crippen molar-refractivity contribution in [2.24, 2.45) is 0 Å². The van der Waals surface area contributed by atoms with E-state index in [0.29, 0.717) is 0 Å². The van der Waals surface area contributed by atoms with Gasteiger partial charge in [-0.1, -0.05) is 34.5 Å². The van der Waals surface area contributed by atoms with E-state index in [1.54, 1.807) is 0 Å². The van der Waals surface area contributed by atoms with E-state index in [2.05, 4.69) is 20.8 Å². The summed E-state index contributed by atoms with van der Waals surface area (Å²) in [4.78, 5) is 2.36. The molecular weight excluding hydrogens is 266 g/mol. The minimum Gasteiger partial charge on any atom is -0.387 e. The Balaban J connectivity index is 1.91. The van der Waals surface area contributed by atoms with Crippen molar-refractivity contribution >= 4 is 15.9 Å². The molecule has 1 aromatic carbocycles. The zero-order valence-corrected chi connectivity index (χ0v) is 11.0. The van der Waals surface area contributed by atoms with Gasteiger partial charge in [0.05, 0.1) is 6.10 Å². The maximum absolute atomic E-state index is 10.1. The molecule has 1 fully saturated rings. The van der Waals surface area contributed by atoms with Crippen molar-refractivity contribution < 1.29 is 5.11 Å². The number of rotatable bonds is 3. The predicted molar refractivity (Wildman–Crippen MR) is 69.4 cm³/mol. The van der Waals surface area contributed by atoms with Crippen LogP contribution < -0.4 is 0 Å². The first-order chi connectivity index (χ1) is 7.75. The second-order valence-electron chi connectivity index (χ2n) is 4.43. The van der Waals surface area contributed by atoms with Crippen LogP contribution in [0.5, 0.6) is 0 Å². The van der Waals surface area contributed by atoms with Crippen LogP contribution in [0.1, 0.15) is 30.9 Å². The number of likely N-dealkylation sites (tertiary alicyclic amines) is 1. The van der Waals surface area contributed by atoms with Gasteiger partial charge in [-0.3, -0.25) is 0 Å². The summed E-state index contributed by atoms with van der Waals surface area (Å²) in [5, 5.41) is 10.1. The van der Waals surface area contributed by atoms with E-state index in [1.807, 2.05) is 24.3 Å². The Labute approximate surface area is 105 Å². The number of aliphatic hydroxyl groups is 1. The Hall–Kier alpha value is -0.380. The van der Waals surface area contributed by atoms with E-state index in [9.17, 15) is 5.11 Å². The summed E-state index contributed by atoms with van der Waals surface area (Å²) in [7, 11) is 0. The van der Waals surface area contributed by atoms with Crippen molar-refractivity contribution in [3.8, 4) is 0 Å². The standard InChI is InChI=1S/C13H18BrNO/c14-12-6-4-11(5-7-12)13(16)10-15-8-2-1-3-9-15/h4-7,13,16H,1-3,8-10H2/t13-/m0/s1. The zero-order valence-electron chi connectivity index (χ0n) is 9.40. The van der Waals surface area contributed by atoms with Gasteiger partial charge in [-0.25, -0.2) is 0 Å². The first-order valence-electron chi connectivity index (χ1n) is 5.91. The van der Waals surface area contributed by atoms with Gasteiger partial charge in [-0.2, -0.15) is 0 Å². The fourth-order valence-electron chi connectivity index (χ4n) is 2.18. The topological polar surface area (TPSA) is 23.5 Å². The van der Waals surface area contributed by atoms with Crippen LogP contribution >= 0.6 is 15.9 Å². The third kappa shape index (κ3) is 3.30. The Kier molecular flexibility index (Phi) is 4.38. The number of benzene rings is 1. The molecule has 2 nitrogen and oxygen atoms in total. The molecule has 2 rings (SSSR count). The number of hydrogen-bond donors (Lipinski definition) is 1. The van der Waals surface area contributed by atoms with Gasteiger partial charge < -0.3 is 10.0 Å². The first-order valence-corrected chi connectivity index (χ1v) is 6.71. The number of β-amino-alcohol motifs (C(OH)–C–C–N with tert-alkyl or cyclic N) is 1. The molecule has 1 aliphatic heterocycles. The Morgan fingerprint density at radius 2 is 1.75 bits per heavy atom. The van der Waals surface area contributed by atoms with E-state index >= 15 is 0 Å². The maximum Gasteiger partial charge on any atom is 0.0916 e. The summed E-state index contributed by atoms with van der Waals surface area (Å²) in [5.74, 6) is 0. The molecule has 0 aromatic heterocycles. The van der Waals surface area contributed by atoms with Gasteiger partial charge in [0.25, 0.3) is 0 Å². The van der Waals surface area contributed by atoms with Gasteiger partial charge in [-0.05, 0) is 43.6 Å². The van der Waals surface area contributed by atoms with Crippen molar-refractivity contribution in [1.29, 1.82) is 0 Å². The molecule has 88 valence electrons. The molecule has 0 unspecified atom stereocenters. The van der Waals surface area contributed by atoms with E-state index in [1.165, 1.54) is 19.3 Å². The quantitative estimate of drug-likeness (QED) is 0.922. The van der Waals surface area contributed by atoms with E-state index in [4.69, 9.17) is 0 Å². The van der Waals surface area contributed by atoms with Gasteiger partial charge in [0.2, 0.25) is 0 Å². The molecule has 0 spiro atoms. The van der Waals surface area contributed by atoms with Crippen LogP contribution in [0.3, 0.4) is 0 Å². The highest BCUT2D eigenvalue weighted by atomic mass is 79.9. The summed E-state index contributed by atoms with van der Waals surface area (Å²) in [5.41, 5.74) is 1.01. The van der Waals surface area contributed by atoms with Crippen LogP contribution in [0.4, 0.5) is 0 Å². The summed E-state index contributed by atoms with van der Waals surface area (Å²) in [6, 6.07) is 7.93. The van der Waals surface area contributed by atoms with E-state index in [-0.39, 0.29) is 6.10 Å². The van der Waals surface area contributed by atoms with E-state index in [0.717, 1.165) is 29.7 Å². The lowest BCUT2D eigenvalue weighted by molar-refractivity contribution is 0.101. The highest BCUT2D eigenvalue weighted by molar-refractivity contribution is 9.10. The van der Waals surface area contributed by atoms with Crippen molar-refractivity contribution in [3.05, 3.63) is 34.3 Å². The number of nitrogens with zero attached hydrogens (tertiary/aromatic N) is 1. The van der Waals surface area contributed by atoms with Crippen LogP contribution in [-0.4, -0.2) is 29.6 Å². The number of halogens is 1. The molecule has 1 aliphatic rings. The molecule has 0 aliphatic carbocycles. The van der Waals surface area contributed by atoms with Crippen molar-refractivity contribution in [3.63, 3.8) is 0 Å². The van der Waals surface area contributed by atoms with Crippen molar-refractivity contribution in [1.82, 2.24) is 4.90 Å². The van der Waals surface area contributed by atoms with Gasteiger partial charge in [0, 0.05) is 11.0 Å². The molecule has 1 N–H and O–H groups in total. The second-order valence-corrected chi connectivity index (χ2v) is 5.34. The lowest BCUT2D eigenvalue weighted by Gasteiger charge is -2.28. The maximum atomic E-state index is 10.1. The molecule has 1 atom stereocenters. The molecule has 0 radical (unpaired) electrons. The minimum absolute atomic E-state index is 0.355. The summed E-state index contributed by atoms with van der Waals surface area (Å²) in [6.45, 7) is 3.03. The van der Waals surface area contributed by atoms with Crippen LogP contribution in [-0.2, 0) is 0 Å². The molecule has 1 aromatic rings. The van der Waals surface area contributed by atoms with Gasteiger partial charge in [-0.15, -0.1) is 0 Å². The fourth-order valence-corrected chi connectivity index (χ4v) is 2.44. The fraction of sp³-hybridized carbons (Fsp3) is 0.538. The summed E-state index contributed by atoms with van der Waals surface area (Å²) < 4.78 is 1.06. The van der Waals surface area contributed by atoms with Crippen molar-refractivity contribution in [2.75, 3.05) is 19.6 Å². The molecule has 1 saturated heterocycles. The predicted octanol–water partition coefficient (Wildman–Crippen LogP) is 2.97. The Bertz CT molecular complexity index is 319. The van der Waals surface area contributed by atoms with Crippen LogP contribution in [0.15, 0.2) is 28.7 Å². The monoisotopic (exact) mass is 283 g/mol. The van der Waals surface area contributed by atoms with Crippen LogP contribution in [0.2, 0.25) is 0 Å². The molecule has 0 saturated carbocycles. The van der Waals surface area contributed by atoms with Gasteiger partial charge in [0.15, 0.2) is 0 Å². The molecule has 3 heteroatoms.